The average Bonchev–Trinajstić information content (AvgIpc) is 2.97. The van der Waals surface area contributed by atoms with Gasteiger partial charge in [0.25, 0.3) is 0 Å². The Labute approximate surface area is 182 Å². The summed E-state index contributed by atoms with van der Waals surface area (Å²) >= 11 is 0. The molecule has 2 aromatic carbocycles. The quantitative estimate of drug-likeness (QED) is 0.607. The van der Waals surface area contributed by atoms with Crippen LogP contribution in [-0.2, 0) is 9.31 Å². The number of rotatable bonds is 2. The molecule has 0 saturated carbocycles. The van der Waals surface area contributed by atoms with Crippen molar-refractivity contribution in [3.8, 4) is 11.3 Å². The molecule has 1 aliphatic heterocycles. The Hall–Kier alpha value is -3.09. The summed E-state index contributed by atoms with van der Waals surface area (Å²) < 4.78 is 12.3. The second kappa shape index (κ2) is 6.71. The van der Waals surface area contributed by atoms with E-state index in [1.165, 1.54) is 0 Å². The minimum atomic E-state index is -0.411. The predicted octanol–water partition coefficient (Wildman–Crippen LogP) is 4.62. The smallest absolute Gasteiger partial charge is 0.399 e. The Morgan fingerprint density at radius 2 is 1.48 bits per heavy atom. The maximum Gasteiger partial charge on any atom is 0.494 e. The van der Waals surface area contributed by atoms with Crippen LogP contribution in [0.1, 0.15) is 38.8 Å². The van der Waals surface area contributed by atoms with Crippen molar-refractivity contribution in [3.05, 3.63) is 65.7 Å². The van der Waals surface area contributed by atoms with E-state index in [9.17, 15) is 0 Å². The third kappa shape index (κ3) is 3.06. The predicted molar refractivity (Wildman–Crippen MR) is 126 cm³/mol. The lowest BCUT2D eigenvalue weighted by Gasteiger charge is -2.32. The number of nitrogens with zero attached hydrogens (tertiary/aromatic N) is 1. The van der Waals surface area contributed by atoms with Crippen LogP contribution in [0.2, 0.25) is 0 Å². The van der Waals surface area contributed by atoms with Gasteiger partial charge in [-0.15, -0.1) is 0 Å². The molecule has 1 fully saturated rings. The number of nitrogens with one attached hydrogen (secondary N) is 2. The van der Waals surface area contributed by atoms with E-state index >= 15 is 0 Å². The van der Waals surface area contributed by atoms with Crippen LogP contribution >= 0.6 is 0 Å². The summed E-state index contributed by atoms with van der Waals surface area (Å²) in [7, 11) is -0.411. The molecule has 2 N–H and O–H groups in total. The van der Waals surface area contributed by atoms with E-state index in [2.05, 4.69) is 0 Å². The van der Waals surface area contributed by atoms with Crippen LogP contribution < -0.4 is 5.46 Å². The molecule has 154 valence electrons. The average molecular weight is 409 g/mol. The van der Waals surface area contributed by atoms with Gasteiger partial charge in [0.2, 0.25) is 0 Å². The molecule has 1 aliphatic carbocycles. The molecule has 0 radical (unpaired) electrons. The zero-order valence-electron chi connectivity index (χ0n) is 18.1. The second-order valence-electron chi connectivity index (χ2n) is 9.10. The first kappa shape index (κ1) is 19.9. The second-order valence-corrected chi connectivity index (χ2v) is 9.10. The fourth-order valence-corrected chi connectivity index (χ4v) is 4.04. The van der Waals surface area contributed by atoms with Gasteiger partial charge in [-0.25, -0.2) is 4.98 Å². The molecular weight excluding hydrogens is 385 g/mol. The highest BCUT2D eigenvalue weighted by Gasteiger charge is 2.51. The molecule has 0 spiro atoms. The summed E-state index contributed by atoms with van der Waals surface area (Å²) in [6, 6.07) is 15.9. The Kier molecular flexibility index (Phi) is 4.30. The van der Waals surface area contributed by atoms with Crippen molar-refractivity contribution in [2.24, 2.45) is 0 Å². The number of pyridine rings is 1. The van der Waals surface area contributed by atoms with Gasteiger partial charge >= 0.3 is 7.12 Å². The van der Waals surface area contributed by atoms with Gasteiger partial charge in [0.15, 0.2) is 0 Å². The summed E-state index contributed by atoms with van der Waals surface area (Å²) in [6.07, 6.45) is 3.57. The maximum absolute atomic E-state index is 8.50. The van der Waals surface area contributed by atoms with Gasteiger partial charge in [-0.2, -0.15) is 0 Å². The van der Waals surface area contributed by atoms with Crippen LogP contribution in [0.3, 0.4) is 0 Å². The number of para-hydroxylation sites is 1. The highest BCUT2D eigenvalue weighted by molar-refractivity contribution is 6.62. The minimum absolute atomic E-state index is 0.214. The third-order valence-electron chi connectivity index (χ3n) is 6.58. The van der Waals surface area contributed by atoms with E-state index in [1.54, 1.807) is 6.08 Å². The molecule has 0 amide bonds. The number of benzene rings is 2. The van der Waals surface area contributed by atoms with Crippen LogP contribution in [0.5, 0.6) is 0 Å². The molecule has 1 saturated heterocycles. The van der Waals surface area contributed by atoms with Crippen molar-refractivity contribution in [2.45, 2.75) is 38.9 Å². The molecule has 5 rings (SSSR count). The van der Waals surface area contributed by atoms with Crippen LogP contribution in [0.4, 0.5) is 0 Å². The molecule has 1 aromatic heterocycles. The Morgan fingerprint density at radius 1 is 0.839 bits per heavy atom. The summed E-state index contributed by atoms with van der Waals surface area (Å²) in [5.41, 5.74) is 4.86. The molecule has 0 bridgehead atoms. The van der Waals surface area contributed by atoms with E-state index in [1.807, 2.05) is 82.3 Å². The van der Waals surface area contributed by atoms with Crippen molar-refractivity contribution in [2.75, 3.05) is 0 Å². The van der Waals surface area contributed by atoms with Crippen LogP contribution in [0.15, 0.2) is 54.6 Å². The maximum atomic E-state index is 8.50. The fraction of sp³-hybridized carbons (Fsp3) is 0.240. The number of aromatic nitrogens is 1. The topological polar surface area (TPSA) is 79.0 Å². The summed E-state index contributed by atoms with van der Waals surface area (Å²) in [5.74, 6) is 0. The molecule has 6 heteroatoms. The van der Waals surface area contributed by atoms with Crippen molar-refractivity contribution in [3.63, 3.8) is 0 Å². The molecule has 2 aliphatic rings. The van der Waals surface area contributed by atoms with Gasteiger partial charge in [-0.05, 0) is 51.4 Å². The number of fused-ring (bicyclic) bond motifs is 3. The highest BCUT2D eigenvalue weighted by Crippen LogP contribution is 2.37. The highest BCUT2D eigenvalue weighted by atomic mass is 16.7. The minimum Gasteiger partial charge on any atom is -0.399 e. The van der Waals surface area contributed by atoms with Gasteiger partial charge in [0, 0.05) is 22.1 Å². The SMILES string of the molecule is CC1(C)OB(c2ccc(-c3nc4ccccc4c4c3C=CC(=N)C4=N)cc2)OC1(C)C. The van der Waals surface area contributed by atoms with Crippen LogP contribution in [-0.4, -0.2) is 34.7 Å². The lowest BCUT2D eigenvalue weighted by Crippen LogP contribution is -2.41. The number of hydrogen-bond acceptors (Lipinski definition) is 5. The summed E-state index contributed by atoms with van der Waals surface area (Å²) in [6.45, 7) is 8.19. The van der Waals surface area contributed by atoms with Crippen molar-refractivity contribution in [1.82, 2.24) is 4.98 Å². The molecular formula is C25H24BN3O2. The third-order valence-corrected chi connectivity index (χ3v) is 6.58. The first-order valence-electron chi connectivity index (χ1n) is 10.4. The zero-order chi connectivity index (χ0) is 22.0. The lowest BCUT2D eigenvalue weighted by atomic mass is 9.78. The van der Waals surface area contributed by atoms with E-state index < -0.39 is 7.12 Å². The van der Waals surface area contributed by atoms with Crippen molar-refractivity contribution < 1.29 is 9.31 Å². The lowest BCUT2D eigenvalue weighted by molar-refractivity contribution is 0.00578. The Bertz CT molecular complexity index is 1260. The van der Waals surface area contributed by atoms with Crippen molar-refractivity contribution >= 4 is 41.0 Å². The molecule has 3 aromatic rings. The van der Waals surface area contributed by atoms with Crippen LogP contribution in [0.25, 0.3) is 28.2 Å². The molecule has 2 heterocycles. The summed E-state index contributed by atoms with van der Waals surface area (Å²) in [5, 5.41) is 17.5. The first-order chi connectivity index (χ1) is 14.7. The van der Waals surface area contributed by atoms with E-state index in [4.69, 9.17) is 25.1 Å². The molecule has 31 heavy (non-hydrogen) atoms. The van der Waals surface area contributed by atoms with Gasteiger partial charge in [0.05, 0.1) is 33.8 Å². The van der Waals surface area contributed by atoms with Crippen LogP contribution in [0, 0.1) is 10.8 Å². The molecule has 0 unspecified atom stereocenters. The zero-order valence-corrected chi connectivity index (χ0v) is 18.1. The Balaban J connectivity index is 1.60. The molecule has 0 atom stereocenters. The fourth-order valence-electron chi connectivity index (χ4n) is 4.04. The van der Waals surface area contributed by atoms with Crippen molar-refractivity contribution in [1.29, 1.82) is 10.8 Å². The van der Waals surface area contributed by atoms with Gasteiger partial charge in [-0.1, -0.05) is 42.5 Å². The monoisotopic (exact) mass is 409 g/mol. The Morgan fingerprint density at radius 3 is 2.16 bits per heavy atom. The van der Waals surface area contributed by atoms with E-state index in [-0.39, 0.29) is 22.6 Å². The largest absolute Gasteiger partial charge is 0.494 e. The van der Waals surface area contributed by atoms with E-state index in [0.717, 1.165) is 38.8 Å². The number of hydrogen-bond donors (Lipinski definition) is 2. The summed E-state index contributed by atoms with van der Waals surface area (Å²) in [4.78, 5) is 4.91. The molecule has 5 nitrogen and oxygen atoms in total. The van der Waals surface area contributed by atoms with Gasteiger partial charge < -0.3 is 9.31 Å². The normalized spacial score (nSPS) is 19.2. The van der Waals surface area contributed by atoms with Gasteiger partial charge in [-0.3, -0.25) is 10.8 Å². The first-order valence-corrected chi connectivity index (χ1v) is 10.4. The number of allylic oxidation sites excluding steroid dienone is 1. The van der Waals surface area contributed by atoms with E-state index in [0.29, 0.717) is 0 Å². The standard InChI is InChI=1S/C25H24BN3O2/c1-24(2)25(3,4)31-26(30-24)16-11-9-15(10-12-16)23-18-13-14-19(27)22(28)21(18)17-7-5-6-8-20(17)29-23/h5-14,27-28H,1-4H3. The van der Waals surface area contributed by atoms with Gasteiger partial charge in [0.1, 0.15) is 0 Å².